The van der Waals surface area contributed by atoms with Gasteiger partial charge in [-0.05, 0) is 37.6 Å². The van der Waals surface area contributed by atoms with Gasteiger partial charge in [-0.2, -0.15) is 5.10 Å². The van der Waals surface area contributed by atoms with Gasteiger partial charge in [-0.25, -0.2) is 5.01 Å². The minimum Gasteiger partial charge on any atom is -0.466 e. The average Bonchev–Trinajstić information content (AvgIpc) is 3.08. The van der Waals surface area contributed by atoms with E-state index in [-0.39, 0.29) is 11.6 Å². The number of fused-ring (bicyclic) bond motifs is 4. The molecule has 1 fully saturated rings. The third-order valence-electron chi connectivity index (χ3n) is 5.77. The van der Waals surface area contributed by atoms with Gasteiger partial charge >= 0.3 is 0 Å². The summed E-state index contributed by atoms with van der Waals surface area (Å²) < 4.78 is 12.6. The van der Waals surface area contributed by atoms with Crippen molar-refractivity contribution in [3.63, 3.8) is 0 Å². The first-order valence-corrected chi connectivity index (χ1v) is 9.88. The van der Waals surface area contributed by atoms with Crippen LogP contribution in [0.3, 0.4) is 0 Å². The predicted molar refractivity (Wildman–Crippen MR) is 106 cm³/mol. The zero-order valence-corrected chi connectivity index (χ0v) is 16.4. The number of rotatable bonds is 1. The number of para-hydroxylation sites is 1. The summed E-state index contributed by atoms with van der Waals surface area (Å²) in [6.07, 6.45) is 2.45. The van der Waals surface area contributed by atoms with Crippen molar-refractivity contribution in [2.75, 3.05) is 6.61 Å². The van der Waals surface area contributed by atoms with Crippen LogP contribution >= 0.6 is 11.6 Å². The SMILES string of the molecule is CC1(C)C[C@@]2(CCO1)Oc1ccccc1[C@H]1CC(c3ccc(Cl)cc3)=NN12. The first kappa shape index (κ1) is 17.1. The van der Waals surface area contributed by atoms with Gasteiger partial charge in [0.1, 0.15) is 5.75 Å². The van der Waals surface area contributed by atoms with E-state index in [1.807, 2.05) is 30.3 Å². The number of hydrogen-bond acceptors (Lipinski definition) is 4. The van der Waals surface area contributed by atoms with E-state index in [4.69, 9.17) is 26.2 Å². The van der Waals surface area contributed by atoms with Gasteiger partial charge in [-0.15, -0.1) is 0 Å². The lowest BCUT2D eigenvalue weighted by Crippen LogP contribution is -2.60. The molecule has 0 amide bonds. The predicted octanol–water partition coefficient (Wildman–Crippen LogP) is 5.17. The molecule has 27 heavy (non-hydrogen) atoms. The Kier molecular flexibility index (Phi) is 3.78. The fourth-order valence-electron chi connectivity index (χ4n) is 4.62. The van der Waals surface area contributed by atoms with Gasteiger partial charge in [0.05, 0.1) is 24.0 Å². The van der Waals surface area contributed by atoms with Crippen molar-refractivity contribution >= 4 is 17.3 Å². The highest BCUT2D eigenvalue weighted by molar-refractivity contribution is 6.30. The first-order valence-electron chi connectivity index (χ1n) is 9.51. The summed E-state index contributed by atoms with van der Waals surface area (Å²) in [6.45, 7) is 4.93. The smallest absolute Gasteiger partial charge is 0.203 e. The maximum absolute atomic E-state index is 6.63. The molecule has 0 bridgehead atoms. The summed E-state index contributed by atoms with van der Waals surface area (Å²) in [5.41, 5.74) is 2.70. The molecule has 3 aliphatic heterocycles. The maximum atomic E-state index is 6.63. The van der Waals surface area contributed by atoms with E-state index in [1.54, 1.807) is 0 Å². The Balaban J connectivity index is 1.60. The molecule has 3 heterocycles. The van der Waals surface area contributed by atoms with Gasteiger partial charge in [-0.3, -0.25) is 0 Å². The molecule has 4 nitrogen and oxygen atoms in total. The molecule has 3 aliphatic rings. The zero-order valence-electron chi connectivity index (χ0n) is 15.6. The minimum absolute atomic E-state index is 0.189. The lowest BCUT2D eigenvalue weighted by molar-refractivity contribution is -0.212. The Morgan fingerprint density at radius 3 is 2.67 bits per heavy atom. The second-order valence-corrected chi connectivity index (χ2v) is 8.68. The van der Waals surface area contributed by atoms with Crippen LogP contribution in [0.5, 0.6) is 5.75 Å². The summed E-state index contributed by atoms with van der Waals surface area (Å²) in [5.74, 6) is 0.976. The van der Waals surface area contributed by atoms with Crippen molar-refractivity contribution in [2.45, 2.75) is 50.5 Å². The molecule has 0 N–H and O–H groups in total. The van der Waals surface area contributed by atoms with Crippen LogP contribution < -0.4 is 4.74 Å². The second kappa shape index (κ2) is 5.98. The Morgan fingerprint density at radius 2 is 1.89 bits per heavy atom. The molecule has 0 saturated carbocycles. The molecule has 140 valence electrons. The van der Waals surface area contributed by atoms with E-state index in [2.05, 4.69) is 37.1 Å². The fourth-order valence-corrected chi connectivity index (χ4v) is 4.75. The number of ether oxygens (including phenoxy) is 2. The number of hydrazone groups is 1. The molecular weight excluding hydrogens is 360 g/mol. The molecule has 0 unspecified atom stereocenters. The van der Waals surface area contributed by atoms with Crippen LogP contribution in [0.25, 0.3) is 0 Å². The third kappa shape index (κ3) is 2.82. The van der Waals surface area contributed by atoms with E-state index in [1.165, 1.54) is 5.56 Å². The highest BCUT2D eigenvalue weighted by atomic mass is 35.5. The molecule has 1 saturated heterocycles. The first-order chi connectivity index (χ1) is 13.0. The molecule has 5 rings (SSSR count). The standard InChI is InChI=1S/C22H23ClN2O2/c1-21(2)14-22(11-12-26-21)25-19(17-5-3-4-6-20(17)27-22)13-18(24-25)15-7-9-16(23)10-8-15/h3-10,19H,11-14H2,1-2H3/t19-,22-/m1/s1. The summed E-state index contributed by atoms with van der Waals surface area (Å²) in [6, 6.07) is 16.5. The van der Waals surface area contributed by atoms with Crippen molar-refractivity contribution < 1.29 is 9.47 Å². The fraction of sp³-hybridized carbons (Fsp3) is 0.409. The average molecular weight is 383 g/mol. The van der Waals surface area contributed by atoms with Crippen molar-refractivity contribution in [1.82, 2.24) is 5.01 Å². The largest absolute Gasteiger partial charge is 0.466 e. The lowest BCUT2D eigenvalue weighted by atomic mass is 9.86. The van der Waals surface area contributed by atoms with Crippen LogP contribution in [-0.4, -0.2) is 28.7 Å². The van der Waals surface area contributed by atoms with Crippen LogP contribution in [0.4, 0.5) is 0 Å². The van der Waals surface area contributed by atoms with Gasteiger partial charge in [-0.1, -0.05) is 41.9 Å². The van der Waals surface area contributed by atoms with Crippen molar-refractivity contribution in [3.8, 4) is 5.75 Å². The van der Waals surface area contributed by atoms with Crippen LogP contribution in [0, 0.1) is 0 Å². The summed E-state index contributed by atoms with van der Waals surface area (Å²) in [4.78, 5) is 0. The van der Waals surface area contributed by atoms with Crippen LogP contribution in [-0.2, 0) is 4.74 Å². The molecular formula is C22H23ClN2O2. The quantitative estimate of drug-likeness (QED) is 0.682. The molecule has 2 aromatic carbocycles. The number of benzene rings is 2. The molecule has 0 radical (unpaired) electrons. The Hall–Kier alpha value is -2.04. The number of hydrogen-bond donors (Lipinski definition) is 0. The minimum atomic E-state index is -0.463. The summed E-state index contributed by atoms with van der Waals surface area (Å²) >= 11 is 6.07. The second-order valence-electron chi connectivity index (χ2n) is 8.24. The summed E-state index contributed by atoms with van der Waals surface area (Å²) in [5, 5.41) is 8.03. The van der Waals surface area contributed by atoms with Gasteiger partial charge in [0.25, 0.3) is 0 Å². The van der Waals surface area contributed by atoms with Crippen molar-refractivity contribution in [3.05, 3.63) is 64.7 Å². The van der Waals surface area contributed by atoms with Crippen LogP contribution in [0.1, 0.15) is 50.3 Å². The molecule has 2 atom stereocenters. The highest BCUT2D eigenvalue weighted by Crippen LogP contribution is 2.51. The molecule has 0 aliphatic carbocycles. The van der Waals surface area contributed by atoms with Gasteiger partial charge < -0.3 is 9.47 Å². The highest BCUT2D eigenvalue weighted by Gasteiger charge is 2.54. The summed E-state index contributed by atoms with van der Waals surface area (Å²) in [7, 11) is 0. The number of halogens is 1. The lowest BCUT2D eigenvalue weighted by Gasteiger charge is -2.52. The number of nitrogens with zero attached hydrogens (tertiary/aromatic N) is 2. The Morgan fingerprint density at radius 1 is 1.11 bits per heavy atom. The normalized spacial score (nSPS) is 28.3. The van der Waals surface area contributed by atoms with Crippen LogP contribution in [0.15, 0.2) is 53.6 Å². The van der Waals surface area contributed by atoms with E-state index in [9.17, 15) is 0 Å². The topological polar surface area (TPSA) is 34.1 Å². The maximum Gasteiger partial charge on any atom is 0.203 e. The molecule has 0 aromatic heterocycles. The van der Waals surface area contributed by atoms with E-state index >= 15 is 0 Å². The zero-order chi connectivity index (χ0) is 18.6. The van der Waals surface area contributed by atoms with E-state index in [0.717, 1.165) is 41.3 Å². The molecule has 1 spiro atoms. The Labute approximate surface area is 164 Å². The van der Waals surface area contributed by atoms with E-state index < -0.39 is 5.72 Å². The molecule has 5 heteroatoms. The van der Waals surface area contributed by atoms with E-state index in [0.29, 0.717) is 6.61 Å². The van der Waals surface area contributed by atoms with Crippen molar-refractivity contribution in [1.29, 1.82) is 0 Å². The van der Waals surface area contributed by atoms with Crippen molar-refractivity contribution in [2.24, 2.45) is 5.10 Å². The van der Waals surface area contributed by atoms with Gasteiger partial charge in [0.15, 0.2) is 0 Å². The van der Waals surface area contributed by atoms with Gasteiger partial charge in [0, 0.05) is 29.8 Å². The molecule has 2 aromatic rings. The monoisotopic (exact) mass is 382 g/mol. The Bertz CT molecular complexity index is 909. The van der Waals surface area contributed by atoms with Gasteiger partial charge in [0.2, 0.25) is 5.72 Å². The van der Waals surface area contributed by atoms with Crippen LogP contribution in [0.2, 0.25) is 5.02 Å². The third-order valence-corrected chi connectivity index (χ3v) is 6.02.